The van der Waals surface area contributed by atoms with Crippen LogP contribution in [0.2, 0.25) is 0 Å². The number of nitrogens with zero attached hydrogens (tertiary/aromatic N) is 2. The van der Waals surface area contributed by atoms with E-state index in [0.29, 0.717) is 37.2 Å². The Labute approximate surface area is 149 Å². The van der Waals surface area contributed by atoms with Crippen molar-refractivity contribution in [3.8, 4) is 0 Å². The molecule has 25 heavy (non-hydrogen) atoms. The zero-order valence-corrected chi connectivity index (χ0v) is 15.3. The molecule has 1 N–H and O–H groups in total. The van der Waals surface area contributed by atoms with Gasteiger partial charge in [-0.15, -0.1) is 0 Å². The summed E-state index contributed by atoms with van der Waals surface area (Å²) in [4.78, 5) is 39.3. The van der Waals surface area contributed by atoms with Crippen molar-refractivity contribution in [1.29, 1.82) is 0 Å². The third-order valence-corrected chi connectivity index (χ3v) is 3.74. The van der Waals surface area contributed by atoms with Gasteiger partial charge >= 0.3 is 5.97 Å². The van der Waals surface area contributed by atoms with Gasteiger partial charge in [0.05, 0.1) is 0 Å². The molecule has 2 amide bonds. The molecule has 0 fully saturated rings. The van der Waals surface area contributed by atoms with Crippen molar-refractivity contribution in [2.24, 2.45) is 0 Å². The molecule has 0 unspecified atom stereocenters. The van der Waals surface area contributed by atoms with E-state index in [0.717, 1.165) is 12.8 Å². The van der Waals surface area contributed by atoms with Crippen molar-refractivity contribution in [1.82, 2.24) is 9.80 Å². The van der Waals surface area contributed by atoms with E-state index >= 15 is 0 Å². The van der Waals surface area contributed by atoms with E-state index in [1.807, 2.05) is 20.8 Å². The molecule has 1 aromatic rings. The molecule has 0 atom stereocenters. The Kier molecular flexibility index (Phi) is 8.67. The molecule has 0 heterocycles. The lowest BCUT2D eigenvalue weighted by Gasteiger charge is -2.23. The minimum Gasteiger partial charge on any atom is -0.480 e. The van der Waals surface area contributed by atoms with Crippen LogP contribution in [0, 0.1) is 0 Å². The maximum absolute atomic E-state index is 12.7. The van der Waals surface area contributed by atoms with Crippen LogP contribution in [-0.4, -0.2) is 58.9 Å². The largest absolute Gasteiger partial charge is 0.480 e. The summed E-state index contributed by atoms with van der Waals surface area (Å²) in [5.74, 6) is -1.51. The maximum Gasteiger partial charge on any atom is 0.323 e. The topological polar surface area (TPSA) is 77.9 Å². The lowest BCUT2D eigenvalue weighted by molar-refractivity contribution is -0.137. The number of carboxylic acids is 1. The van der Waals surface area contributed by atoms with Crippen molar-refractivity contribution in [3.63, 3.8) is 0 Å². The van der Waals surface area contributed by atoms with Crippen LogP contribution in [0.1, 0.15) is 60.7 Å². The highest BCUT2D eigenvalue weighted by Crippen LogP contribution is 2.12. The van der Waals surface area contributed by atoms with E-state index in [1.54, 1.807) is 29.2 Å². The zero-order chi connectivity index (χ0) is 18.8. The summed E-state index contributed by atoms with van der Waals surface area (Å²) >= 11 is 0. The first-order valence-corrected chi connectivity index (χ1v) is 8.84. The van der Waals surface area contributed by atoms with Gasteiger partial charge in [-0.25, -0.2) is 0 Å². The Bertz CT molecular complexity index is 595. The average Bonchev–Trinajstić information content (AvgIpc) is 2.59. The number of carbonyl (C=O) groups is 3. The Hall–Kier alpha value is -2.37. The van der Waals surface area contributed by atoms with Gasteiger partial charge in [0, 0.05) is 30.8 Å². The fourth-order valence-electron chi connectivity index (χ4n) is 2.69. The molecule has 1 rings (SSSR count). The summed E-state index contributed by atoms with van der Waals surface area (Å²) in [6.45, 7) is 7.28. The maximum atomic E-state index is 12.7. The van der Waals surface area contributed by atoms with Crippen molar-refractivity contribution in [3.05, 3.63) is 35.4 Å². The molecule has 0 aliphatic rings. The van der Waals surface area contributed by atoms with E-state index < -0.39 is 5.97 Å². The summed E-state index contributed by atoms with van der Waals surface area (Å²) in [7, 11) is 0. The van der Waals surface area contributed by atoms with Crippen LogP contribution < -0.4 is 0 Å². The Morgan fingerprint density at radius 2 is 1.28 bits per heavy atom. The van der Waals surface area contributed by atoms with Gasteiger partial charge in [0.2, 0.25) is 0 Å². The standard InChI is InChI=1S/C19H28N2O4/c1-4-10-20(11-5-2)18(24)15-8-7-9-16(13-15)19(25)21(12-6-3)14-17(22)23/h7-9,13H,4-6,10-12,14H2,1-3H3,(H,22,23). The molecule has 0 saturated heterocycles. The number of rotatable bonds is 10. The number of aliphatic carboxylic acids is 1. The van der Waals surface area contributed by atoms with E-state index in [4.69, 9.17) is 5.11 Å². The molecule has 0 aromatic heterocycles. The molecular formula is C19H28N2O4. The highest BCUT2D eigenvalue weighted by atomic mass is 16.4. The number of amides is 2. The predicted octanol–water partition coefficient (Wildman–Crippen LogP) is 2.89. The minimum atomic E-state index is -1.05. The number of carbonyl (C=O) groups excluding carboxylic acids is 2. The molecule has 0 saturated carbocycles. The molecular weight excluding hydrogens is 320 g/mol. The summed E-state index contributed by atoms with van der Waals surface area (Å²) < 4.78 is 0. The smallest absolute Gasteiger partial charge is 0.323 e. The predicted molar refractivity (Wildman–Crippen MR) is 96.8 cm³/mol. The molecule has 6 heteroatoms. The van der Waals surface area contributed by atoms with E-state index in [2.05, 4.69) is 0 Å². The summed E-state index contributed by atoms with van der Waals surface area (Å²) in [5, 5.41) is 8.99. The Balaban J connectivity index is 3.03. The van der Waals surface area contributed by atoms with Gasteiger partial charge in [0.25, 0.3) is 11.8 Å². The second-order valence-corrected chi connectivity index (χ2v) is 5.99. The average molecular weight is 348 g/mol. The fraction of sp³-hybridized carbons (Fsp3) is 0.526. The van der Waals surface area contributed by atoms with Crippen molar-refractivity contribution in [2.45, 2.75) is 40.0 Å². The van der Waals surface area contributed by atoms with Crippen LogP contribution in [-0.2, 0) is 4.79 Å². The van der Waals surface area contributed by atoms with E-state index in [1.165, 1.54) is 4.90 Å². The van der Waals surface area contributed by atoms with Gasteiger partial charge in [0.15, 0.2) is 0 Å². The highest BCUT2D eigenvalue weighted by molar-refractivity contribution is 6.00. The second kappa shape index (κ2) is 10.5. The quantitative estimate of drug-likeness (QED) is 0.705. The van der Waals surface area contributed by atoms with Crippen molar-refractivity contribution < 1.29 is 19.5 Å². The molecule has 0 spiro atoms. The monoisotopic (exact) mass is 348 g/mol. The van der Waals surface area contributed by atoms with E-state index in [9.17, 15) is 14.4 Å². The van der Waals surface area contributed by atoms with Gasteiger partial charge in [0.1, 0.15) is 6.54 Å². The van der Waals surface area contributed by atoms with Crippen LogP contribution in [0.25, 0.3) is 0 Å². The molecule has 0 radical (unpaired) electrons. The molecule has 1 aromatic carbocycles. The summed E-state index contributed by atoms with van der Waals surface area (Å²) in [5.41, 5.74) is 0.799. The third kappa shape index (κ3) is 6.21. The van der Waals surface area contributed by atoms with Crippen molar-refractivity contribution in [2.75, 3.05) is 26.2 Å². The number of hydrogen-bond donors (Lipinski definition) is 1. The van der Waals surface area contributed by atoms with Crippen LogP contribution >= 0.6 is 0 Å². The SMILES string of the molecule is CCCN(CCC)C(=O)c1cccc(C(=O)N(CCC)CC(=O)O)c1. The van der Waals surface area contributed by atoms with E-state index in [-0.39, 0.29) is 18.4 Å². The second-order valence-electron chi connectivity index (χ2n) is 5.99. The van der Waals surface area contributed by atoms with Crippen LogP contribution in [0.15, 0.2) is 24.3 Å². The highest BCUT2D eigenvalue weighted by Gasteiger charge is 2.20. The van der Waals surface area contributed by atoms with Gasteiger partial charge in [-0.3, -0.25) is 14.4 Å². The van der Waals surface area contributed by atoms with Gasteiger partial charge in [-0.05, 0) is 37.5 Å². The lowest BCUT2D eigenvalue weighted by atomic mass is 10.1. The summed E-state index contributed by atoms with van der Waals surface area (Å²) in [6, 6.07) is 6.54. The first kappa shape index (κ1) is 20.7. The minimum absolute atomic E-state index is 0.0985. The first-order chi connectivity index (χ1) is 11.9. The van der Waals surface area contributed by atoms with Crippen LogP contribution in [0.3, 0.4) is 0 Å². The number of hydrogen-bond acceptors (Lipinski definition) is 3. The lowest BCUT2D eigenvalue weighted by Crippen LogP contribution is -2.36. The molecule has 0 aliphatic heterocycles. The third-order valence-electron chi connectivity index (χ3n) is 3.74. The molecule has 6 nitrogen and oxygen atoms in total. The van der Waals surface area contributed by atoms with Crippen LogP contribution in [0.4, 0.5) is 0 Å². The van der Waals surface area contributed by atoms with Gasteiger partial charge in [-0.1, -0.05) is 26.8 Å². The number of benzene rings is 1. The van der Waals surface area contributed by atoms with Crippen molar-refractivity contribution >= 4 is 17.8 Å². The molecule has 0 aliphatic carbocycles. The molecule has 0 bridgehead atoms. The van der Waals surface area contributed by atoms with Crippen LogP contribution in [0.5, 0.6) is 0 Å². The Morgan fingerprint density at radius 1 is 0.840 bits per heavy atom. The summed E-state index contributed by atoms with van der Waals surface area (Å²) in [6.07, 6.45) is 2.40. The first-order valence-electron chi connectivity index (χ1n) is 8.84. The zero-order valence-electron chi connectivity index (χ0n) is 15.3. The number of carboxylic acid groups (broad SMARTS) is 1. The normalized spacial score (nSPS) is 10.4. The van der Waals surface area contributed by atoms with Gasteiger partial charge in [-0.2, -0.15) is 0 Å². The Morgan fingerprint density at radius 3 is 1.72 bits per heavy atom. The molecule has 138 valence electrons. The van der Waals surface area contributed by atoms with Gasteiger partial charge < -0.3 is 14.9 Å². The fourth-order valence-corrected chi connectivity index (χ4v) is 2.69.